The summed E-state index contributed by atoms with van der Waals surface area (Å²) in [5, 5.41) is 6.87. The zero-order valence-electron chi connectivity index (χ0n) is 15.6. The number of esters is 1. The fraction of sp³-hybridized carbons (Fsp3) is 0.722. The van der Waals surface area contributed by atoms with Gasteiger partial charge >= 0.3 is 12.1 Å². The lowest BCUT2D eigenvalue weighted by atomic mass is 9.77. The van der Waals surface area contributed by atoms with Crippen LogP contribution in [-0.4, -0.2) is 39.6 Å². The van der Waals surface area contributed by atoms with Gasteiger partial charge in [0.15, 0.2) is 0 Å². The number of nitrogens with one attached hydrogen (secondary N) is 1. The molecule has 2 rings (SSSR count). The second-order valence-corrected chi connectivity index (χ2v) is 7.80. The van der Waals surface area contributed by atoms with Crippen molar-refractivity contribution in [2.24, 2.45) is 5.92 Å². The molecule has 0 radical (unpaired) electrons. The predicted molar refractivity (Wildman–Crippen MR) is 92.9 cm³/mol. The number of carbonyl (C=O) groups excluding carboxylic acids is 2. The second-order valence-electron chi connectivity index (χ2n) is 7.80. The number of rotatable bonds is 5. The van der Waals surface area contributed by atoms with Gasteiger partial charge in [0.25, 0.3) is 0 Å². The van der Waals surface area contributed by atoms with Crippen LogP contribution in [0.15, 0.2) is 18.5 Å². The number of ether oxygens (including phenoxy) is 2. The van der Waals surface area contributed by atoms with E-state index in [0.717, 1.165) is 12.8 Å². The first-order valence-corrected chi connectivity index (χ1v) is 8.86. The lowest BCUT2D eigenvalue weighted by molar-refractivity contribution is -0.154. The average Bonchev–Trinajstić information content (AvgIpc) is 3.01. The van der Waals surface area contributed by atoms with E-state index in [1.165, 1.54) is 0 Å². The third-order valence-corrected chi connectivity index (χ3v) is 4.37. The molecule has 1 aliphatic rings. The summed E-state index contributed by atoms with van der Waals surface area (Å²) in [7, 11) is 0. The molecule has 1 fully saturated rings. The highest BCUT2D eigenvalue weighted by Crippen LogP contribution is 2.33. The van der Waals surface area contributed by atoms with Crippen LogP contribution in [0, 0.1) is 5.92 Å². The Bertz CT molecular complexity index is 570. The van der Waals surface area contributed by atoms with Gasteiger partial charge in [-0.05, 0) is 58.4 Å². The third kappa shape index (κ3) is 5.76. The minimum absolute atomic E-state index is 0.216. The maximum atomic E-state index is 12.7. The van der Waals surface area contributed by atoms with Crippen LogP contribution in [0.2, 0.25) is 0 Å². The Kier molecular flexibility index (Phi) is 6.08. The van der Waals surface area contributed by atoms with Gasteiger partial charge in [0.1, 0.15) is 17.7 Å². The molecule has 1 aliphatic carbocycles. The van der Waals surface area contributed by atoms with Crippen molar-refractivity contribution in [2.45, 2.75) is 71.1 Å². The number of hydrogen-bond acceptors (Lipinski definition) is 5. The Morgan fingerprint density at radius 1 is 1.32 bits per heavy atom. The summed E-state index contributed by atoms with van der Waals surface area (Å²) in [5.41, 5.74) is -1.61. The minimum atomic E-state index is -1.00. The van der Waals surface area contributed by atoms with Gasteiger partial charge in [-0.25, -0.2) is 9.59 Å². The van der Waals surface area contributed by atoms with Gasteiger partial charge < -0.3 is 14.8 Å². The Balaban J connectivity index is 1.98. The van der Waals surface area contributed by atoms with Crippen molar-refractivity contribution in [2.75, 3.05) is 6.61 Å². The first-order chi connectivity index (χ1) is 11.7. The van der Waals surface area contributed by atoms with Crippen LogP contribution in [0.25, 0.3) is 0 Å². The van der Waals surface area contributed by atoms with Gasteiger partial charge in [0.2, 0.25) is 0 Å². The summed E-state index contributed by atoms with van der Waals surface area (Å²) in [4.78, 5) is 25.0. The van der Waals surface area contributed by atoms with E-state index in [2.05, 4.69) is 17.3 Å². The Hall–Kier alpha value is -2.05. The zero-order chi connectivity index (χ0) is 18.5. The van der Waals surface area contributed by atoms with Crippen LogP contribution < -0.4 is 5.32 Å². The monoisotopic (exact) mass is 351 g/mol. The zero-order valence-corrected chi connectivity index (χ0v) is 15.6. The molecule has 0 unspecified atom stereocenters. The van der Waals surface area contributed by atoms with Crippen LogP contribution in [0.4, 0.5) is 4.79 Å². The summed E-state index contributed by atoms with van der Waals surface area (Å²) in [6, 6.07) is 1.82. The Morgan fingerprint density at radius 2 is 2.00 bits per heavy atom. The highest BCUT2D eigenvalue weighted by Gasteiger charge is 2.44. The summed E-state index contributed by atoms with van der Waals surface area (Å²) in [6.07, 6.45) is 5.77. The van der Waals surface area contributed by atoms with Crippen LogP contribution in [0.3, 0.4) is 0 Å². The van der Waals surface area contributed by atoms with E-state index >= 15 is 0 Å². The fourth-order valence-corrected chi connectivity index (χ4v) is 2.94. The maximum absolute atomic E-state index is 12.7. The van der Waals surface area contributed by atoms with E-state index < -0.39 is 23.2 Å². The smallest absolute Gasteiger partial charge is 0.408 e. The first-order valence-electron chi connectivity index (χ1n) is 8.86. The molecule has 1 N–H and O–H groups in total. The second kappa shape index (κ2) is 7.89. The highest BCUT2D eigenvalue weighted by atomic mass is 16.6. The Morgan fingerprint density at radius 3 is 2.56 bits per heavy atom. The molecule has 0 atom stereocenters. The fourth-order valence-electron chi connectivity index (χ4n) is 2.94. The molecule has 1 aromatic rings. The van der Waals surface area contributed by atoms with Crippen molar-refractivity contribution in [3.05, 3.63) is 18.5 Å². The van der Waals surface area contributed by atoms with E-state index in [4.69, 9.17) is 9.47 Å². The molecular formula is C18H29N3O4. The van der Waals surface area contributed by atoms with Crippen molar-refractivity contribution in [3.8, 4) is 0 Å². The van der Waals surface area contributed by atoms with Crippen molar-refractivity contribution in [1.29, 1.82) is 0 Å². The summed E-state index contributed by atoms with van der Waals surface area (Å²) in [5.74, 6) is 0.142. The third-order valence-electron chi connectivity index (χ3n) is 4.37. The van der Waals surface area contributed by atoms with E-state index in [1.807, 2.05) is 12.3 Å². The van der Waals surface area contributed by atoms with Crippen molar-refractivity contribution >= 4 is 12.1 Å². The molecule has 1 saturated carbocycles. The molecule has 25 heavy (non-hydrogen) atoms. The van der Waals surface area contributed by atoms with Gasteiger partial charge in [-0.2, -0.15) is 5.10 Å². The summed E-state index contributed by atoms with van der Waals surface area (Å²) >= 11 is 0. The molecule has 0 aliphatic heterocycles. The number of alkyl carbamates (subject to hydrolysis) is 1. The van der Waals surface area contributed by atoms with Gasteiger partial charge in [0.05, 0.1) is 6.54 Å². The van der Waals surface area contributed by atoms with E-state index in [0.29, 0.717) is 25.3 Å². The molecule has 1 heterocycles. The van der Waals surface area contributed by atoms with Gasteiger partial charge in [-0.1, -0.05) is 6.92 Å². The van der Waals surface area contributed by atoms with Crippen LogP contribution in [0.1, 0.15) is 53.4 Å². The number of carbonyl (C=O) groups is 2. The largest absolute Gasteiger partial charge is 0.462 e. The minimum Gasteiger partial charge on any atom is -0.462 e. The molecule has 0 bridgehead atoms. The molecular weight excluding hydrogens is 322 g/mol. The predicted octanol–water partition coefficient (Wildman–Crippen LogP) is 2.90. The normalized spacial score (nSPS) is 23.8. The highest BCUT2D eigenvalue weighted by molar-refractivity contribution is 5.86. The van der Waals surface area contributed by atoms with Crippen molar-refractivity contribution in [3.63, 3.8) is 0 Å². The molecule has 7 nitrogen and oxygen atoms in total. The SMILES string of the molecule is CC1CCC(NC(=O)OC(C)(C)C)(C(=O)OCCn2cccn2)CC1. The van der Waals surface area contributed by atoms with E-state index in [1.54, 1.807) is 31.6 Å². The maximum Gasteiger partial charge on any atom is 0.408 e. The molecule has 0 saturated heterocycles. The van der Waals surface area contributed by atoms with E-state index in [9.17, 15) is 9.59 Å². The lowest BCUT2D eigenvalue weighted by Gasteiger charge is -2.38. The first kappa shape index (κ1) is 19.3. The number of aromatic nitrogens is 2. The van der Waals surface area contributed by atoms with Crippen molar-refractivity contribution < 1.29 is 19.1 Å². The average molecular weight is 351 g/mol. The van der Waals surface area contributed by atoms with Gasteiger partial charge in [-0.3, -0.25) is 4.68 Å². The van der Waals surface area contributed by atoms with Crippen LogP contribution >= 0.6 is 0 Å². The molecule has 0 aromatic carbocycles. The van der Waals surface area contributed by atoms with Gasteiger partial charge in [0, 0.05) is 12.4 Å². The molecule has 140 valence electrons. The van der Waals surface area contributed by atoms with Crippen LogP contribution in [0.5, 0.6) is 0 Å². The number of hydrogen-bond donors (Lipinski definition) is 1. The summed E-state index contributed by atoms with van der Waals surface area (Å²) < 4.78 is 12.5. The molecule has 1 aromatic heterocycles. The van der Waals surface area contributed by atoms with Crippen LogP contribution in [-0.2, 0) is 20.8 Å². The topological polar surface area (TPSA) is 82.5 Å². The van der Waals surface area contributed by atoms with E-state index in [-0.39, 0.29) is 6.61 Å². The molecule has 1 amide bonds. The number of amides is 1. The Labute approximate surface area is 149 Å². The molecule has 0 spiro atoms. The molecule has 7 heteroatoms. The lowest BCUT2D eigenvalue weighted by Crippen LogP contribution is -2.57. The quantitative estimate of drug-likeness (QED) is 0.825. The van der Waals surface area contributed by atoms with Crippen molar-refractivity contribution in [1.82, 2.24) is 15.1 Å². The number of nitrogens with zero attached hydrogens (tertiary/aromatic N) is 2. The standard InChI is InChI=1S/C18H29N3O4/c1-14-6-8-18(9-7-14,20-16(23)25-17(2,3)4)15(22)24-13-12-21-11-5-10-19-21/h5,10-11,14H,6-9,12-13H2,1-4H3,(H,20,23). The summed E-state index contributed by atoms with van der Waals surface area (Å²) in [6.45, 7) is 8.24. The van der Waals surface area contributed by atoms with Gasteiger partial charge in [-0.15, -0.1) is 0 Å².